The summed E-state index contributed by atoms with van der Waals surface area (Å²) in [6.07, 6.45) is 1.51. The molecule has 0 aliphatic carbocycles. The van der Waals surface area contributed by atoms with Gasteiger partial charge in [-0.1, -0.05) is 72.4 Å². The first-order valence-electron chi connectivity index (χ1n) is 10.8. The zero-order chi connectivity index (χ0) is 24.0. The van der Waals surface area contributed by atoms with Gasteiger partial charge < -0.3 is 4.74 Å². The van der Waals surface area contributed by atoms with E-state index in [0.717, 1.165) is 25.3 Å². The predicted molar refractivity (Wildman–Crippen MR) is 141 cm³/mol. The number of nitrogens with one attached hydrogen (secondary N) is 1. The Kier molecular flexibility index (Phi) is 6.83. The molecule has 0 fully saturated rings. The first-order valence-corrected chi connectivity index (χ1v) is 12.6. The van der Waals surface area contributed by atoms with Crippen LogP contribution in [0.15, 0.2) is 100 Å². The molecule has 5 rings (SSSR count). The lowest BCUT2D eigenvalue weighted by atomic mass is 10.0. The maximum atomic E-state index is 12.8. The van der Waals surface area contributed by atoms with Crippen LogP contribution < -0.4 is 10.2 Å². The van der Waals surface area contributed by atoms with Gasteiger partial charge in [-0.3, -0.25) is 4.79 Å². The van der Waals surface area contributed by atoms with Crippen molar-refractivity contribution in [2.45, 2.75) is 4.34 Å². The first-order chi connectivity index (χ1) is 17.2. The van der Waals surface area contributed by atoms with Crippen molar-refractivity contribution in [1.29, 1.82) is 0 Å². The number of nitrogens with zero attached hydrogens (tertiary/aromatic N) is 2. The highest BCUT2D eigenvalue weighted by atomic mass is 32.2. The van der Waals surface area contributed by atoms with Gasteiger partial charge in [0.1, 0.15) is 5.75 Å². The maximum absolute atomic E-state index is 12.8. The summed E-state index contributed by atoms with van der Waals surface area (Å²) in [5.41, 5.74) is 4.64. The Morgan fingerprint density at radius 3 is 2.69 bits per heavy atom. The van der Waals surface area contributed by atoms with Crippen LogP contribution in [-0.2, 0) is 4.79 Å². The van der Waals surface area contributed by atoms with Gasteiger partial charge >= 0.3 is 5.97 Å². The molecule has 172 valence electrons. The molecule has 0 radical (unpaired) electrons. The van der Waals surface area contributed by atoms with E-state index in [2.05, 4.69) is 15.5 Å². The predicted octanol–water partition coefficient (Wildman–Crippen LogP) is 5.91. The Labute approximate surface area is 209 Å². The number of fused-ring (bicyclic) bond motifs is 2. The number of carbonyl (C=O) groups is 2. The SMILES string of the molecule is O=C(CSc1nc2ccccc2s1)N/N=C\c1cccc(OC(=O)c2cccc3ccccc23)c1. The molecule has 1 N–H and O–H groups in total. The lowest BCUT2D eigenvalue weighted by molar-refractivity contribution is -0.118. The Morgan fingerprint density at radius 1 is 0.971 bits per heavy atom. The molecule has 1 amide bonds. The van der Waals surface area contributed by atoms with Crippen LogP contribution in [0.4, 0.5) is 0 Å². The monoisotopic (exact) mass is 497 g/mol. The minimum absolute atomic E-state index is 0.208. The highest BCUT2D eigenvalue weighted by Gasteiger charge is 2.12. The summed E-state index contributed by atoms with van der Waals surface area (Å²) in [6, 6.07) is 28.0. The zero-order valence-corrected chi connectivity index (χ0v) is 20.0. The van der Waals surface area contributed by atoms with E-state index >= 15 is 0 Å². The molecule has 0 saturated carbocycles. The van der Waals surface area contributed by atoms with Gasteiger partial charge in [0.05, 0.1) is 27.7 Å². The normalized spacial score (nSPS) is 11.2. The third-order valence-electron chi connectivity index (χ3n) is 5.08. The number of benzene rings is 4. The fourth-order valence-electron chi connectivity index (χ4n) is 3.47. The molecule has 8 heteroatoms. The van der Waals surface area contributed by atoms with E-state index in [1.54, 1.807) is 41.7 Å². The number of aromatic nitrogens is 1. The van der Waals surface area contributed by atoms with Gasteiger partial charge in [-0.15, -0.1) is 11.3 Å². The smallest absolute Gasteiger partial charge is 0.344 e. The van der Waals surface area contributed by atoms with Crippen LogP contribution in [0, 0.1) is 0 Å². The topological polar surface area (TPSA) is 80.7 Å². The van der Waals surface area contributed by atoms with Crippen LogP contribution >= 0.6 is 23.1 Å². The number of hydrogen-bond acceptors (Lipinski definition) is 7. The van der Waals surface area contributed by atoms with E-state index in [1.807, 2.05) is 60.7 Å². The van der Waals surface area contributed by atoms with E-state index in [4.69, 9.17) is 4.74 Å². The average molecular weight is 498 g/mol. The molecule has 1 aromatic heterocycles. The average Bonchev–Trinajstić information content (AvgIpc) is 3.30. The van der Waals surface area contributed by atoms with Gasteiger partial charge in [0.2, 0.25) is 0 Å². The van der Waals surface area contributed by atoms with Crippen molar-refractivity contribution in [3.63, 3.8) is 0 Å². The second-order valence-electron chi connectivity index (χ2n) is 7.52. The Balaban J connectivity index is 1.17. The summed E-state index contributed by atoms with van der Waals surface area (Å²) in [5, 5.41) is 5.83. The number of amides is 1. The molecule has 35 heavy (non-hydrogen) atoms. The largest absolute Gasteiger partial charge is 0.423 e. The third-order valence-corrected chi connectivity index (χ3v) is 7.26. The van der Waals surface area contributed by atoms with Crippen LogP contribution in [0.5, 0.6) is 5.75 Å². The second-order valence-corrected chi connectivity index (χ2v) is 9.77. The minimum Gasteiger partial charge on any atom is -0.423 e. The summed E-state index contributed by atoms with van der Waals surface area (Å²) in [4.78, 5) is 29.4. The molecule has 0 aliphatic rings. The Bertz CT molecular complexity index is 1520. The number of esters is 1. The van der Waals surface area contributed by atoms with E-state index in [0.29, 0.717) is 16.9 Å². The zero-order valence-electron chi connectivity index (χ0n) is 18.4. The number of para-hydroxylation sites is 1. The lowest BCUT2D eigenvalue weighted by Crippen LogP contribution is -2.19. The molecule has 0 unspecified atom stereocenters. The van der Waals surface area contributed by atoms with Crippen LogP contribution in [0.2, 0.25) is 0 Å². The van der Waals surface area contributed by atoms with Crippen LogP contribution in [0.3, 0.4) is 0 Å². The third kappa shape index (κ3) is 5.56. The molecule has 5 aromatic rings. The number of hydrazone groups is 1. The van der Waals surface area contributed by atoms with Crippen molar-refractivity contribution < 1.29 is 14.3 Å². The summed E-state index contributed by atoms with van der Waals surface area (Å²) in [5.74, 6) is -0.0652. The van der Waals surface area contributed by atoms with Crippen molar-refractivity contribution in [1.82, 2.24) is 10.4 Å². The molecule has 4 aromatic carbocycles. The Hall–Kier alpha value is -4.01. The highest BCUT2D eigenvalue weighted by Crippen LogP contribution is 2.29. The molecule has 0 atom stereocenters. The summed E-state index contributed by atoms with van der Waals surface area (Å²) in [6.45, 7) is 0. The highest BCUT2D eigenvalue weighted by molar-refractivity contribution is 8.01. The molecule has 1 heterocycles. The van der Waals surface area contributed by atoms with Crippen molar-refractivity contribution in [2.24, 2.45) is 5.10 Å². The van der Waals surface area contributed by atoms with Gasteiger partial charge in [-0.05, 0) is 46.7 Å². The van der Waals surface area contributed by atoms with Crippen molar-refractivity contribution in [3.05, 3.63) is 102 Å². The number of hydrogen-bond donors (Lipinski definition) is 1. The molecule has 0 spiro atoms. The number of rotatable bonds is 7. The number of ether oxygens (including phenoxy) is 1. The van der Waals surface area contributed by atoms with E-state index in [1.165, 1.54) is 18.0 Å². The molecular weight excluding hydrogens is 478 g/mol. The lowest BCUT2D eigenvalue weighted by Gasteiger charge is -2.07. The van der Waals surface area contributed by atoms with E-state index in [9.17, 15) is 9.59 Å². The van der Waals surface area contributed by atoms with Gasteiger partial charge in [0.15, 0.2) is 4.34 Å². The molecule has 0 bridgehead atoms. The molecule has 0 aliphatic heterocycles. The standard InChI is InChI=1S/C27H19N3O3S2/c31-25(17-34-27-29-23-13-3-4-14-24(23)35-27)30-28-16-18-7-5-10-20(15-18)33-26(32)22-12-6-9-19-8-1-2-11-21(19)22/h1-16H,17H2,(H,30,31)/b28-16-. The maximum Gasteiger partial charge on any atom is 0.344 e. The van der Waals surface area contributed by atoms with Crippen molar-refractivity contribution >= 4 is 62.2 Å². The minimum atomic E-state index is -0.434. The number of thioether (sulfide) groups is 1. The number of thiazole rings is 1. The fourth-order valence-corrected chi connectivity index (χ4v) is 5.34. The molecule has 0 saturated heterocycles. The summed E-state index contributed by atoms with van der Waals surface area (Å²) >= 11 is 2.93. The van der Waals surface area contributed by atoms with E-state index in [-0.39, 0.29) is 11.7 Å². The molecular formula is C27H19N3O3S2. The summed E-state index contributed by atoms with van der Waals surface area (Å²) in [7, 11) is 0. The van der Waals surface area contributed by atoms with Crippen LogP contribution in [-0.4, -0.2) is 28.8 Å². The summed E-state index contributed by atoms with van der Waals surface area (Å²) < 4.78 is 7.52. The first kappa shape index (κ1) is 22.8. The van der Waals surface area contributed by atoms with Gasteiger partial charge in [0, 0.05) is 0 Å². The van der Waals surface area contributed by atoms with Crippen LogP contribution in [0.1, 0.15) is 15.9 Å². The van der Waals surface area contributed by atoms with Crippen molar-refractivity contribution in [3.8, 4) is 5.75 Å². The molecule has 6 nitrogen and oxygen atoms in total. The van der Waals surface area contributed by atoms with Crippen LogP contribution in [0.25, 0.3) is 21.0 Å². The second kappa shape index (κ2) is 10.5. The van der Waals surface area contributed by atoms with Gasteiger partial charge in [-0.25, -0.2) is 15.2 Å². The fraction of sp³-hybridized carbons (Fsp3) is 0.0370. The number of carbonyl (C=O) groups excluding carboxylic acids is 2. The van der Waals surface area contributed by atoms with Gasteiger partial charge in [0.25, 0.3) is 5.91 Å². The van der Waals surface area contributed by atoms with E-state index < -0.39 is 5.97 Å². The quantitative estimate of drug-likeness (QED) is 0.0994. The van der Waals surface area contributed by atoms with Crippen molar-refractivity contribution in [2.75, 3.05) is 5.75 Å². The van der Waals surface area contributed by atoms with Gasteiger partial charge in [-0.2, -0.15) is 5.10 Å². The Morgan fingerprint density at radius 2 is 1.77 bits per heavy atom.